The number of nitriles is 1. The van der Waals surface area contributed by atoms with Gasteiger partial charge in [0.2, 0.25) is 5.91 Å². The third-order valence-corrected chi connectivity index (χ3v) is 6.05. The average Bonchev–Trinajstić information content (AvgIpc) is 3.12. The van der Waals surface area contributed by atoms with E-state index in [9.17, 15) is 9.18 Å². The number of aromatic nitrogens is 2. The van der Waals surface area contributed by atoms with Crippen molar-refractivity contribution in [2.45, 2.75) is 13.5 Å². The maximum absolute atomic E-state index is 13.2. The summed E-state index contributed by atoms with van der Waals surface area (Å²) in [6.07, 6.45) is 3.22. The topological polar surface area (TPSA) is 65.2 Å². The van der Waals surface area contributed by atoms with E-state index in [0.29, 0.717) is 40.8 Å². The molecule has 0 saturated carbocycles. The highest BCUT2D eigenvalue weighted by Gasteiger charge is 2.20. The number of nitrogens with zero attached hydrogens (tertiary/aromatic N) is 5. The molecule has 33 heavy (non-hydrogen) atoms. The summed E-state index contributed by atoms with van der Waals surface area (Å²) in [6, 6.07) is 15.6. The van der Waals surface area contributed by atoms with E-state index in [0.717, 1.165) is 25.2 Å². The van der Waals surface area contributed by atoms with Gasteiger partial charge in [0.15, 0.2) is 0 Å². The molecule has 0 N–H and O–H groups in total. The minimum Gasteiger partial charge on any atom is -0.337 e. The van der Waals surface area contributed by atoms with Crippen molar-refractivity contribution in [1.82, 2.24) is 19.6 Å². The quantitative estimate of drug-likeness (QED) is 0.532. The van der Waals surface area contributed by atoms with Gasteiger partial charge in [-0.2, -0.15) is 10.4 Å². The van der Waals surface area contributed by atoms with Crippen LogP contribution in [0.4, 0.5) is 4.39 Å². The molecular weight excluding hydrogens is 441 g/mol. The van der Waals surface area contributed by atoms with Crippen molar-refractivity contribution in [2.24, 2.45) is 0 Å². The van der Waals surface area contributed by atoms with Crippen molar-refractivity contribution in [3.05, 3.63) is 88.0 Å². The van der Waals surface area contributed by atoms with E-state index in [1.54, 1.807) is 18.2 Å². The summed E-state index contributed by atoms with van der Waals surface area (Å²) in [5.41, 5.74) is 3.79. The predicted molar refractivity (Wildman–Crippen MR) is 125 cm³/mol. The number of benzene rings is 2. The zero-order valence-corrected chi connectivity index (χ0v) is 19.0. The van der Waals surface area contributed by atoms with Crippen LogP contribution in [0.3, 0.4) is 0 Å². The predicted octanol–water partition coefficient (Wildman–Crippen LogP) is 4.20. The van der Waals surface area contributed by atoms with Crippen molar-refractivity contribution in [3.63, 3.8) is 0 Å². The highest BCUT2D eigenvalue weighted by molar-refractivity contribution is 6.31. The Kier molecular flexibility index (Phi) is 6.87. The lowest BCUT2D eigenvalue weighted by molar-refractivity contribution is -0.127. The number of hydrogen-bond acceptors (Lipinski definition) is 4. The molecule has 0 unspecified atom stereocenters. The maximum atomic E-state index is 13.2. The Morgan fingerprint density at radius 1 is 1.12 bits per heavy atom. The SMILES string of the molecule is Cc1nn(-c2ccc(F)cc2)c(Cl)c1/C=C/C(=O)N1CCN(Cc2ccc(C#N)cc2)CC1. The van der Waals surface area contributed by atoms with Crippen LogP contribution in [0.2, 0.25) is 5.15 Å². The first-order valence-corrected chi connectivity index (χ1v) is 11.0. The third-order valence-electron chi connectivity index (χ3n) is 5.68. The molecule has 2 heterocycles. The number of hydrogen-bond donors (Lipinski definition) is 0. The summed E-state index contributed by atoms with van der Waals surface area (Å²) >= 11 is 6.49. The van der Waals surface area contributed by atoms with Crippen LogP contribution in [0.25, 0.3) is 11.8 Å². The summed E-state index contributed by atoms with van der Waals surface area (Å²) in [6.45, 7) is 5.45. The summed E-state index contributed by atoms with van der Waals surface area (Å²) in [4.78, 5) is 16.8. The van der Waals surface area contributed by atoms with E-state index >= 15 is 0 Å². The number of rotatable bonds is 5. The Balaban J connectivity index is 1.36. The van der Waals surface area contributed by atoms with Gasteiger partial charge in [-0.1, -0.05) is 23.7 Å². The summed E-state index contributed by atoms with van der Waals surface area (Å²) in [7, 11) is 0. The second-order valence-electron chi connectivity index (χ2n) is 7.92. The highest BCUT2D eigenvalue weighted by Crippen LogP contribution is 2.25. The molecule has 0 atom stereocenters. The molecule has 0 aliphatic carbocycles. The second-order valence-corrected chi connectivity index (χ2v) is 8.28. The van der Waals surface area contributed by atoms with Gasteiger partial charge in [0.25, 0.3) is 0 Å². The van der Waals surface area contributed by atoms with E-state index in [-0.39, 0.29) is 11.7 Å². The van der Waals surface area contributed by atoms with Crippen LogP contribution in [0.15, 0.2) is 54.6 Å². The zero-order valence-electron chi connectivity index (χ0n) is 18.2. The minimum atomic E-state index is -0.332. The van der Waals surface area contributed by atoms with Crippen molar-refractivity contribution in [2.75, 3.05) is 26.2 Å². The van der Waals surface area contributed by atoms with Gasteiger partial charge in [0.05, 0.1) is 23.0 Å². The second kappa shape index (κ2) is 9.99. The molecule has 1 aliphatic rings. The lowest BCUT2D eigenvalue weighted by Gasteiger charge is -2.34. The van der Waals surface area contributed by atoms with Crippen molar-refractivity contribution in [1.29, 1.82) is 5.26 Å². The molecule has 1 saturated heterocycles. The fraction of sp³-hybridized carbons (Fsp3) is 0.240. The molecule has 1 amide bonds. The van der Waals surface area contributed by atoms with Crippen LogP contribution in [-0.4, -0.2) is 51.7 Å². The first kappa shape index (κ1) is 22.7. The molecule has 4 rings (SSSR count). The molecule has 6 nitrogen and oxygen atoms in total. The summed E-state index contributed by atoms with van der Waals surface area (Å²) in [5.74, 6) is -0.403. The lowest BCUT2D eigenvalue weighted by Crippen LogP contribution is -2.47. The van der Waals surface area contributed by atoms with Crippen molar-refractivity contribution >= 4 is 23.6 Å². The van der Waals surface area contributed by atoms with Crippen molar-refractivity contribution in [3.8, 4) is 11.8 Å². The van der Waals surface area contributed by atoms with Crippen LogP contribution < -0.4 is 0 Å². The summed E-state index contributed by atoms with van der Waals surface area (Å²) in [5, 5.41) is 13.7. The standard InChI is InChI=1S/C25H23ClFN5O/c1-18-23(25(26)32(29-18)22-8-6-21(27)7-9-22)10-11-24(33)31-14-12-30(13-15-31)17-20-4-2-19(16-28)3-5-20/h2-11H,12-15,17H2,1H3/b11-10+. The normalized spacial score (nSPS) is 14.5. The largest absolute Gasteiger partial charge is 0.337 e. The Hall–Kier alpha value is -3.47. The van der Waals surface area contributed by atoms with Gasteiger partial charge in [-0.3, -0.25) is 9.69 Å². The fourth-order valence-electron chi connectivity index (χ4n) is 3.78. The van der Waals surface area contributed by atoms with E-state index in [1.165, 1.54) is 22.9 Å². The molecule has 0 bridgehead atoms. The van der Waals surface area contributed by atoms with Crippen LogP contribution in [0.1, 0.15) is 22.4 Å². The molecule has 1 aromatic heterocycles. The molecule has 1 fully saturated rings. The van der Waals surface area contributed by atoms with Gasteiger partial charge in [-0.25, -0.2) is 9.07 Å². The Morgan fingerprint density at radius 2 is 1.79 bits per heavy atom. The van der Waals surface area contributed by atoms with Crippen molar-refractivity contribution < 1.29 is 9.18 Å². The smallest absolute Gasteiger partial charge is 0.246 e. The highest BCUT2D eigenvalue weighted by atomic mass is 35.5. The number of aryl methyl sites for hydroxylation is 1. The van der Waals surface area contributed by atoms with Crippen LogP contribution in [0.5, 0.6) is 0 Å². The fourth-order valence-corrected chi connectivity index (χ4v) is 4.12. The van der Waals surface area contributed by atoms with Gasteiger partial charge in [0, 0.05) is 44.4 Å². The summed E-state index contributed by atoms with van der Waals surface area (Å²) < 4.78 is 14.7. The molecule has 2 aromatic carbocycles. The molecule has 8 heteroatoms. The van der Waals surface area contributed by atoms with E-state index < -0.39 is 0 Å². The molecule has 168 valence electrons. The van der Waals surface area contributed by atoms with E-state index in [1.807, 2.05) is 36.1 Å². The van der Waals surface area contributed by atoms with E-state index in [4.69, 9.17) is 16.9 Å². The molecule has 1 aliphatic heterocycles. The lowest BCUT2D eigenvalue weighted by atomic mass is 10.1. The number of piperazine rings is 1. The zero-order chi connectivity index (χ0) is 23.4. The number of carbonyl (C=O) groups is 1. The molecular formula is C25H23ClFN5O. The Labute approximate surface area is 197 Å². The Morgan fingerprint density at radius 3 is 2.42 bits per heavy atom. The van der Waals surface area contributed by atoms with Gasteiger partial charge in [-0.05, 0) is 55.0 Å². The minimum absolute atomic E-state index is 0.0713. The van der Waals surface area contributed by atoms with Gasteiger partial charge >= 0.3 is 0 Å². The first-order valence-electron chi connectivity index (χ1n) is 10.6. The van der Waals surface area contributed by atoms with Gasteiger partial charge in [-0.15, -0.1) is 0 Å². The molecule has 0 radical (unpaired) electrons. The third kappa shape index (κ3) is 5.30. The van der Waals surface area contributed by atoms with Crippen LogP contribution >= 0.6 is 11.6 Å². The van der Waals surface area contributed by atoms with Gasteiger partial charge in [0.1, 0.15) is 11.0 Å². The number of amides is 1. The number of halogens is 2. The van der Waals surface area contributed by atoms with Gasteiger partial charge < -0.3 is 4.90 Å². The molecule has 3 aromatic rings. The van der Waals surface area contributed by atoms with Crippen LogP contribution in [-0.2, 0) is 11.3 Å². The number of carbonyl (C=O) groups excluding carboxylic acids is 1. The van der Waals surface area contributed by atoms with E-state index in [2.05, 4.69) is 16.1 Å². The monoisotopic (exact) mass is 463 g/mol. The molecule has 0 spiro atoms. The van der Waals surface area contributed by atoms with Crippen LogP contribution in [0, 0.1) is 24.1 Å². The maximum Gasteiger partial charge on any atom is 0.246 e. The average molecular weight is 464 g/mol. The first-order chi connectivity index (χ1) is 15.9. The Bertz CT molecular complexity index is 1200.